The Morgan fingerprint density at radius 1 is 1.05 bits per heavy atom. The molecule has 3 rings (SSSR count). The Morgan fingerprint density at radius 3 is 2.45 bits per heavy atom. The van der Waals surface area contributed by atoms with Crippen molar-refractivity contribution in [3.05, 3.63) is 47.0 Å². The number of rotatable bonds is 0. The van der Waals surface area contributed by atoms with Gasteiger partial charge in [0.15, 0.2) is 5.78 Å². The van der Waals surface area contributed by atoms with E-state index in [4.69, 9.17) is 0 Å². The fourth-order valence-corrected chi connectivity index (χ4v) is 2.88. The van der Waals surface area contributed by atoms with Crippen molar-refractivity contribution in [2.75, 3.05) is 0 Å². The molecule has 0 unspecified atom stereocenters. The molecule has 0 saturated carbocycles. The Labute approximate surface area is 117 Å². The van der Waals surface area contributed by atoms with Crippen LogP contribution in [0.3, 0.4) is 0 Å². The minimum Gasteiger partial charge on any atom is -0.507 e. The van der Waals surface area contributed by atoms with Crippen LogP contribution in [0.25, 0.3) is 10.8 Å². The first kappa shape index (κ1) is 12.7. The zero-order valence-corrected chi connectivity index (χ0v) is 11.7. The van der Waals surface area contributed by atoms with E-state index in [1.807, 2.05) is 26.8 Å². The Bertz CT molecular complexity index is 783. The van der Waals surface area contributed by atoms with Gasteiger partial charge < -0.3 is 10.2 Å². The molecule has 1 aliphatic rings. The molecule has 0 fully saturated rings. The van der Waals surface area contributed by atoms with Crippen molar-refractivity contribution < 1.29 is 15.0 Å². The summed E-state index contributed by atoms with van der Waals surface area (Å²) in [5.41, 5.74) is 1.18. The fraction of sp³-hybridized carbons (Fsp3) is 0.235. The molecule has 0 saturated heterocycles. The van der Waals surface area contributed by atoms with Crippen LogP contribution in [-0.4, -0.2) is 16.0 Å². The molecule has 2 N–H and O–H groups in total. The number of phenols is 2. The molecule has 1 aliphatic carbocycles. The smallest absolute Gasteiger partial charge is 0.189 e. The van der Waals surface area contributed by atoms with Gasteiger partial charge in [-0.1, -0.05) is 37.6 Å². The van der Waals surface area contributed by atoms with Gasteiger partial charge in [0.05, 0.1) is 5.56 Å². The first-order valence-electron chi connectivity index (χ1n) is 6.55. The zero-order chi connectivity index (χ0) is 14.7. The number of aryl methyl sites for hydroxylation is 1. The summed E-state index contributed by atoms with van der Waals surface area (Å²) in [6, 6.07) is 5.43. The van der Waals surface area contributed by atoms with Crippen LogP contribution in [0.5, 0.6) is 11.5 Å². The SMILES string of the molecule is Cc1ccc2c(O)c3c(c(O)c2c1)C(=O)C=CC3(C)C. The van der Waals surface area contributed by atoms with Gasteiger partial charge in [0.2, 0.25) is 0 Å². The molecule has 3 nitrogen and oxygen atoms in total. The summed E-state index contributed by atoms with van der Waals surface area (Å²) in [6.07, 6.45) is 3.22. The van der Waals surface area contributed by atoms with Crippen LogP contribution in [0.1, 0.15) is 35.3 Å². The van der Waals surface area contributed by atoms with E-state index in [2.05, 4.69) is 0 Å². The van der Waals surface area contributed by atoms with Crippen LogP contribution in [0.15, 0.2) is 30.4 Å². The Kier molecular flexibility index (Phi) is 2.45. The van der Waals surface area contributed by atoms with Crippen LogP contribution in [0, 0.1) is 6.92 Å². The predicted octanol–water partition coefficient (Wildman–Crippen LogP) is 3.59. The largest absolute Gasteiger partial charge is 0.507 e. The third kappa shape index (κ3) is 1.56. The van der Waals surface area contributed by atoms with Gasteiger partial charge in [-0.25, -0.2) is 0 Å². The lowest BCUT2D eigenvalue weighted by Crippen LogP contribution is -2.23. The summed E-state index contributed by atoms with van der Waals surface area (Å²) >= 11 is 0. The highest BCUT2D eigenvalue weighted by Gasteiger charge is 2.34. The van der Waals surface area contributed by atoms with E-state index in [1.54, 1.807) is 18.2 Å². The van der Waals surface area contributed by atoms with Crippen molar-refractivity contribution in [3.63, 3.8) is 0 Å². The highest BCUT2D eigenvalue weighted by molar-refractivity contribution is 6.14. The number of hydrogen-bond acceptors (Lipinski definition) is 3. The van der Waals surface area contributed by atoms with Crippen LogP contribution in [-0.2, 0) is 5.41 Å². The number of aromatic hydroxyl groups is 2. The van der Waals surface area contributed by atoms with Gasteiger partial charge in [0.1, 0.15) is 11.5 Å². The van der Waals surface area contributed by atoms with E-state index in [9.17, 15) is 15.0 Å². The summed E-state index contributed by atoms with van der Waals surface area (Å²) in [6.45, 7) is 5.73. The molecular weight excluding hydrogens is 252 g/mol. The molecule has 0 aliphatic heterocycles. The van der Waals surface area contributed by atoms with Crippen molar-refractivity contribution in [2.24, 2.45) is 0 Å². The zero-order valence-electron chi connectivity index (χ0n) is 11.7. The average Bonchev–Trinajstić information content (AvgIpc) is 2.38. The van der Waals surface area contributed by atoms with Gasteiger partial charge in [0.25, 0.3) is 0 Å². The topological polar surface area (TPSA) is 57.5 Å². The Balaban J connectivity index is 2.55. The van der Waals surface area contributed by atoms with Gasteiger partial charge in [-0.05, 0) is 19.1 Å². The molecule has 102 valence electrons. The minimum absolute atomic E-state index is 0.0427. The summed E-state index contributed by atoms with van der Waals surface area (Å²) < 4.78 is 0. The van der Waals surface area contributed by atoms with Crippen molar-refractivity contribution >= 4 is 16.6 Å². The van der Waals surface area contributed by atoms with Crippen LogP contribution >= 0.6 is 0 Å². The molecule has 0 aromatic heterocycles. The fourth-order valence-electron chi connectivity index (χ4n) is 2.88. The molecule has 3 heteroatoms. The number of phenolic OH excluding ortho intramolecular Hbond substituents is 2. The molecule has 0 heterocycles. The number of carbonyl (C=O) groups excluding carboxylic acids is 1. The number of ketones is 1. The van der Waals surface area contributed by atoms with Crippen LogP contribution in [0.4, 0.5) is 0 Å². The monoisotopic (exact) mass is 268 g/mol. The predicted molar refractivity (Wildman–Crippen MR) is 78.5 cm³/mol. The normalized spacial score (nSPS) is 16.4. The molecule has 0 spiro atoms. The molecule has 2 aromatic rings. The molecule has 0 atom stereocenters. The lowest BCUT2D eigenvalue weighted by atomic mass is 9.74. The molecule has 20 heavy (non-hydrogen) atoms. The second-order valence-corrected chi connectivity index (χ2v) is 5.92. The molecular formula is C17H16O3. The third-order valence-corrected chi connectivity index (χ3v) is 3.95. The quantitative estimate of drug-likeness (QED) is 0.718. The highest BCUT2D eigenvalue weighted by atomic mass is 16.3. The van der Waals surface area contributed by atoms with Crippen molar-refractivity contribution in [1.29, 1.82) is 0 Å². The van der Waals surface area contributed by atoms with Crippen molar-refractivity contribution in [3.8, 4) is 11.5 Å². The Hall–Kier alpha value is -2.29. The summed E-state index contributed by atoms with van der Waals surface area (Å²) in [4.78, 5) is 12.1. The molecule has 0 radical (unpaired) electrons. The lowest BCUT2D eigenvalue weighted by molar-refractivity contribution is 0.103. The maximum Gasteiger partial charge on any atom is 0.189 e. The first-order valence-corrected chi connectivity index (χ1v) is 6.55. The number of hydrogen-bond donors (Lipinski definition) is 2. The summed E-state index contributed by atoms with van der Waals surface area (Å²) in [5, 5.41) is 22.1. The number of carbonyl (C=O) groups is 1. The second-order valence-electron chi connectivity index (χ2n) is 5.92. The summed E-state index contributed by atoms with van der Waals surface area (Å²) in [7, 11) is 0. The Morgan fingerprint density at radius 2 is 1.75 bits per heavy atom. The van der Waals surface area contributed by atoms with E-state index < -0.39 is 5.41 Å². The van der Waals surface area contributed by atoms with Gasteiger partial charge in [-0.2, -0.15) is 0 Å². The van der Waals surface area contributed by atoms with E-state index in [0.717, 1.165) is 5.56 Å². The van der Waals surface area contributed by atoms with Crippen molar-refractivity contribution in [2.45, 2.75) is 26.2 Å². The molecule has 2 aromatic carbocycles. The van der Waals surface area contributed by atoms with Crippen LogP contribution in [0.2, 0.25) is 0 Å². The number of benzene rings is 2. The minimum atomic E-state index is -0.496. The van der Waals surface area contributed by atoms with Gasteiger partial charge in [0, 0.05) is 21.8 Å². The lowest BCUT2D eigenvalue weighted by Gasteiger charge is -2.29. The van der Waals surface area contributed by atoms with E-state index in [-0.39, 0.29) is 22.8 Å². The maximum absolute atomic E-state index is 12.1. The molecule has 0 amide bonds. The molecule has 0 bridgehead atoms. The standard InChI is InChI=1S/C17H16O3/c1-9-4-5-10-11(8-9)15(19)13-12(18)6-7-17(2,3)14(13)16(10)20/h4-8,19-20H,1-3H3. The summed E-state index contributed by atoms with van der Waals surface area (Å²) in [5.74, 6) is -0.232. The van der Waals surface area contributed by atoms with E-state index >= 15 is 0 Å². The van der Waals surface area contributed by atoms with E-state index in [0.29, 0.717) is 16.3 Å². The van der Waals surface area contributed by atoms with Crippen LogP contribution < -0.4 is 0 Å². The highest BCUT2D eigenvalue weighted by Crippen LogP contribution is 2.47. The van der Waals surface area contributed by atoms with Gasteiger partial charge in [-0.15, -0.1) is 0 Å². The van der Waals surface area contributed by atoms with Gasteiger partial charge >= 0.3 is 0 Å². The number of fused-ring (bicyclic) bond motifs is 2. The second kappa shape index (κ2) is 3.85. The average molecular weight is 268 g/mol. The first-order chi connectivity index (χ1) is 9.33. The number of allylic oxidation sites excluding steroid dienone is 2. The van der Waals surface area contributed by atoms with Crippen molar-refractivity contribution in [1.82, 2.24) is 0 Å². The third-order valence-electron chi connectivity index (χ3n) is 3.95. The van der Waals surface area contributed by atoms with Gasteiger partial charge in [-0.3, -0.25) is 4.79 Å². The van der Waals surface area contributed by atoms with E-state index in [1.165, 1.54) is 6.08 Å². The maximum atomic E-state index is 12.1.